The van der Waals surface area contributed by atoms with Crippen molar-refractivity contribution in [2.45, 2.75) is 23.8 Å². The van der Waals surface area contributed by atoms with Gasteiger partial charge in [-0.15, -0.1) is 0 Å². The largest absolute Gasteiger partial charge is 0.497 e. The van der Waals surface area contributed by atoms with E-state index < -0.39 is 31.6 Å². The summed E-state index contributed by atoms with van der Waals surface area (Å²) in [5.41, 5.74) is 0.288. The van der Waals surface area contributed by atoms with E-state index in [1.54, 1.807) is 24.3 Å². The molecule has 0 fully saturated rings. The number of rotatable bonds is 8. The highest BCUT2D eigenvalue weighted by molar-refractivity contribution is 7.89. The van der Waals surface area contributed by atoms with Crippen LogP contribution in [0.4, 0.5) is 5.69 Å². The van der Waals surface area contributed by atoms with Crippen LogP contribution in [-0.4, -0.2) is 26.5 Å². The second kappa shape index (κ2) is 8.42. The number of nitriles is 1. The molecule has 0 heterocycles. The average Bonchev–Trinajstić information content (AvgIpc) is 2.62. The third-order valence-corrected chi connectivity index (χ3v) is 5.22. The third-order valence-electron chi connectivity index (χ3n) is 3.65. The Hall–Kier alpha value is -2.96. The molecule has 2 aromatic carbocycles. The van der Waals surface area contributed by atoms with Crippen molar-refractivity contribution in [3.8, 4) is 11.8 Å². The Morgan fingerprint density at radius 3 is 2.46 bits per heavy atom. The molecule has 9 heteroatoms. The highest BCUT2D eigenvalue weighted by Gasteiger charge is 2.27. The zero-order valence-electron chi connectivity index (χ0n) is 14.0. The summed E-state index contributed by atoms with van der Waals surface area (Å²) in [7, 11) is -2.62. The quantitative estimate of drug-likeness (QED) is 0.558. The lowest BCUT2D eigenvalue weighted by Gasteiger charge is -2.16. The fourth-order valence-electron chi connectivity index (χ4n) is 2.43. The number of sulfonamides is 1. The highest BCUT2D eigenvalue weighted by atomic mass is 32.2. The minimum Gasteiger partial charge on any atom is -0.497 e. The van der Waals surface area contributed by atoms with E-state index in [2.05, 4.69) is 4.72 Å². The summed E-state index contributed by atoms with van der Waals surface area (Å²) in [5, 5.41) is 20.1. The Labute approximate surface area is 151 Å². The molecule has 1 atom stereocenters. The normalized spacial score (nSPS) is 12.2. The molecular formula is C17H17N3O5S. The Morgan fingerprint density at radius 1 is 1.23 bits per heavy atom. The number of hydrogen-bond donors (Lipinski definition) is 1. The van der Waals surface area contributed by atoms with Crippen LogP contribution in [0, 0.1) is 21.4 Å². The maximum absolute atomic E-state index is 12.6. The molecule has 0 aliphatic heterocycles. The molecule has 0 spiro atoms. The van der Waals surface area contributed by atoms with E-state index >= 15 is 0 Å². The van der Waals surface area contributed by atoms with Gasteiger partial charge in [-0.25, -0.2) is 13.1 Å². The van der Waals surface area contributed by atoms with Gasteiger partial charge in [0.1, 0.15) is 5.75 Å². The lowest BCUT2D eigenvalue weighted by molar-refractivity contribution is -0.387. The fourth-order valence-corrected chi connectivity index (χ4v) is 3.84. The van der Waals surface area contributed by atoms with Crippen LogP contribution < -0.4 is 9.46 Å². The molecule has 0 radical (unpaired) electrons. The van der Waals surface area contributed by atoms with E-state index in [4.69, 9.17) is 10.00 Å². The molecule has 1 N–H and O–H groups in total. The fraction of sp³-hybridized carbons (Fsp3) is 0.235. The van der Waals surface area contributed by atoms with Crippen LogP contribution in [0.1, 0.15) is 12.0 Å². The number of nitrogens with one attached hydrogen (secondary N) is 1. The molecule has 2 rings (SSSR count). The molecule has 136 valence electrons. The lowest BCUT2D eigenvalue weighted by Crippen LogP contribution is -2.36. The summed E-state index contributed by atoms with van der Waals surface area (Å²) in [6, 6.07) is 13.3. The molecule has 0 aliphatic rings. The first-order valence-electron chi connectivity index (χ1n) is 7.63. The van der Waals surface area contributed by atoms with E-state index in [1.165, 1.54) is 19.2 Å². The number of hydrogen-bond acceptors (Lipinski definition) is 6. The van der Waals surface area contributed by atoms with Gasteiger partial charge in [0.15, 0.2) is 4.90 Å². The zero-order valence-corrected chi connectivity index (χ0v) is 14.8. The molecule has 0 saturated heterocycles. The number of nitro benzene ring substituents is 1. The third kappa shape index (κ3) is 4.78. The Balaban J connectivity index is 2.25. The number of nitrogens with zero attached hydrogens (tertiary/aromatic N) is 2. The van der Waals surface area contributed by atoms with Gasteiger partial charge in [0, 0.05) is 12.1 Å². The van der Waals surface area contributed by atoms with Crippen molar-refractivity contribution in [2.24, 2.45) is 0 Å². The van der Waals surface area contributed by atoms with Gasteiger partial charge in [-0.2, -0.15) is 5.26 Å². The van der Waals surface area contributed by atoms with Gasteiger partial charge in [-0.05, 0) is 30.2 Å². The highest BCUT2D eigenvalue weighted by Crippen LogP contribution is 2.23. The summed E-state index contributed by atoms with van der Waals surface area (Å²) in [4.78, 5) is 9.90. The summed E-state index contributed by atoms with van der Waals surface area (Å²) < 4.78 is 32.6. The van der Waals surface area contributed by atoms with Crippen molar-refractivity contribution in [3.63, 3.8) is 0 Å². The van der Waals surface area contributed by atoms with Crippen LogP contribution in [0.3, 0.4) is 0 Å². The second-order valence-corrected chi connectivity index (χ2v) is 7.14. The molecule has 0 unspecified atom stereocenters. The first-order valence-corrected chi connectivity index (χ1v) is 9.11. The number of methoxy groups -OCH3 is 1. The first-order chi connectivity index (χ1) is 12.4. The molecule has 0 saturated carbocycles. The van der Waals surface area contributed by atoms with Gasteiger partial charge in [-0.1, -0.05) is 24.3 Å². The SMILES string of the molecule is COc1ccc(C[C@H](CC#N)NS(=O)(=O)c2ccccc2[N+](=O)[O-])cc1. The average molecular weight is 375 g/mol. The second-order valence-electron chi connectivity index (χ2n) is 5.46. The number of benzene rings is 2. The summed E-state index contributed by atoms with van der Waals surface area (Å²) in [6.45, 7) is 0. The van der Waals surface area contributed by atoms with Crippen LogP contribution in [-0.2, 0) is 16.4 Å². The van der Waals surface area contributed by atoms with E-state index in [9.17, 15) is 18.5 Å². The van der Waals surface area contributed by atoms with Crippen molar-refractivity contribution in [1.29, 1.82) is 5.26 Å². The van der Waals surface area contributed by atoms with Crippen molar-refractivity contribution in [1.82, 2.24) is 4.72 Å². The van der Waals surface area contributed by atoms with Gasteiger partial charge in [-0.3, -0.25) is 10.1 Å². The predicted molar refractivity (Wildman–Crippen MR) is 94.1 cm³/mol. The molecule has 26 heavy (non-hydrogen) atoms. The number of nitro groups is 1. The summed E-state index contributed by atoms with van der Waals surface area (Å²) in [6.07, 6.45) is 0.184. The molecule has 2 aromatic rings. The maximum atomic E-state index is 12.6. The van der Waals surface area contributed by atoms with Gasteiger partial charge in [0.25, 0.3) is 5.69 Å². The smallest absolute Gasteiger partial charge is 0.289 e. The van der Waals surface area contributed by atoms with Crippen LogP contribution >= 0.6 is 0 Å². The van der Waals surface area contributed by atoms with Gasteiger partial charge in [0.05, 0.1) is 24.5 Å². The van der Waals surface area contributed by atoms with E-state index in [-0.39, 0.29) is 12.8 Å². The lowest BCUT2D eigenvalue weighted by atomic mass is 10.0. The molecule has 0 aromatic heterocycles. The molecule has 0 bridgehead atoms. The van der Waals surface area contributed by atoms with Crippen LogP contribution in [0.15, 0.2) is 53.4 Å². The molecule has 0 aliphatic carbocycles. The minimum absolute atomic E-state index is 0.0775. The van der Waals surface area contributed by atoms with Gasteiger partial charge >= 0.3 is 0 Å². The first kappa shape index (κ1) is 19.4. The molecule has 0 amide bonds. The van der Waals surface area contributed by atoms with Crippen molar-refractivity contribution >= 4 is 15.7 Å². The van der Waals surface area contributed by atoms with Crippen LogP contribution in [0.25, 0.3) is 0 Å². The summed E-state index contributed by atoms with van der Waals surface area (Å²) in [5.74, 6) is 0.658. The Morgan fingerprint density at radius 2 is 1.88 bits per heavy atom. The number of para-hydroxylation sites is 1. The van der Waals surface area contributed by atoms with Crippen molar-refractivity contribution in [2.75, 3.05) is 7.11 Å². The topological polar surface area (TPSA) is 122 Å². The summed E-state index contributed by atoms with van der Waals surface area (Å²) >= 11 is 0. The van der Waals surface area contributed by atoms with E-state index in [1.807, 2.05) is 6.07 Å². The standard InChI is InChI=1S/C17H17N3O5S/c1-25-15-8-6-13(7-9-15)12-14(10-11-18)19-26(23,24)17-5-3-2-4-16(17)20(21)22/h2-9,14,19H,10,12H2,1H3/t14-/m0/s1. The van der Waals surface area contributed by atoms with Crippen LogP contribution in [0.5, 0.6) is 5.75 Å². The van der Waals surface area contributed by atoms with Crippen molar-refractivity contribution < 1.29 is 18.1 Å². The Bertz CT molecular complexity index is 920. The van der Waals surface area contributed by atoms with Gasteiger partial charge in [0.2, 0.25) is 10.0 Å². The number of ether oxygens (including phenoxy) is 1. The monoisotopic (exact) mass is 375 g/mol. The Kier molecular flexibility index (Phi) is 6.27. The predicted octanol–water partition coefficient (Wildman–Crippen LogP) is 2.41. The zero-order chi connectivity index (χ0) is 19.2. The van der Waals surface area contributed by atoms with E-state index in [0.29, 0.717) is 5.75 Å². The van der Waals surface area contributed by atoms with Gasteiger partial charge < -0.3 is 4.74 Å². The minimum atomic E-state index is -4.16. The molecule has 8 nitrogen and oxygen atoms in total. The van der Waals surface area contributed by atoms with Crippen molar-refractivity contribution in [3.05, 3.63) is 64.2 Å². The van der Waals surface area contributed by atoms with Crippen LogP contribution in [0.2, 0.25) is 0 Å². The molecular weight excluding hydrogens is 358 g/mol. The van der Waals surface area contributed by atoms with E-state index in [0.717, 1.165) is 17.7 Å². The maximum Gasteiger partial charge on any atom is 0.289 e.